The van der Waals surface area contributed by atoms with Crippen molar-refractivity contribution >= 4 is 6.08 Å². The van der Waals surface area contributed by atoms with E-state index in [2.05, 4.69) is 17.8 Å². The highest BCUT2D eigenvalue weighted by molar-refractivity contribution is 5.63. The average molecular weight is 272 g/mol. The Hall–Kier alpha value is -1.76. The summed E-state index contributed by atoms with van der Waals surface area (Å²) >= 11 is 0. The molecular formula is C17H24N2O. The predicted molar refractivity (Wildman–Crippen MR) is 85.4 cm³/mol. The highest BCUT2D eigenvalue weighted by Gasteiger charge is 2.26. The van der Waals surface area contributed by atoms with Crippen LogP contribution in [0.1, 0.15) is 44.4 Å². The van der Waals surface area contributed by atoms with Gasteiger partial charge < -0.3 is 10.5 Å². The van der Waals surface area contributed by atoms with E-state index in [-0.39, 0.29) is 0 Å². The number of rotatable bonds is 5. The minimum atomic E-state index is -0.566. The van der Waals surface area contributed by atoms with Crippen molar-refractivity contribution in [1.82, 2.24) is 5.32 Å². The largest absolute Gasteiger partial charge is 0.472 e. The smallest absolute Gasteiger partial charge is 0.155 e. The Morgan fingerprint density at radius 1 is 1.35 bits per heavy atom. The molecule has 0 atom stereocenters. The topological polar surface area (TPSA) is 47.3 Å². The first-order valence-corrected chi connectivity index (χ1v) is 6.59. The van der Waals surface area contributed by atoms with Crippen molar-refractivity contribution in [1.29, 1.82) is 0 Å². The summed E-state index contributed by atoms with van der Waals surface area (Å²) in [7, 11) is 1.84. The van der Waals surface area contributed by atoms with Gasteiger partial charge in [0.15, 0.2) is 5.72 Å². The van der Waals surface area contributed by atoms with Crippen LogP contribution in [0, 0.1) is 12.3 Å². The molecule has 1 aromatic rings. The Balaban J connectivity index is 3.54. The molecule has 108 valence electrons. The van der Waals surface area contributed by atoms with Gasteiger partial charge in [0, 0.05) is 22.2 Å². The second-order valence-electron chi connectivity index (χ2n) is 5.87. The molecule has 0 unspecified atom stereocenters. The summed E-state index contributed by atoms with van der Waals surface area (Å²) in [6, 6.07) is 3.78. The summed E-state index contributed by atoms with van der Waals surface area (Å²) in [5.74, 6) is 3.36. The molecule has 0 amide bonds. The van der Waals surface area contributed by atoms with E-state index < -0.39 is 11.3 Å². The van der Waals surface area contributed by atoms with Crippen LogP contribution in [0.15, 0.2) is 18.7 Å². The van der Waals surface area contributed by atoms with E-state index in [9.17, 15) is 0 Å². The third kappa shape index (κ3) is 3.63. The Morgan fingerprint density at radius 2 is 1.95 bits per heavy atom. The Kier molecular flexibility index (Phi) is 4.65. The van der Waals surface area contributed by atoms with E-state index in [1.807, 2.05) is 46.9 Å². The quantitative estimate of drug-likeness (QED) is 0.640. The van der Waals surface area contributed by atoms with Crippen molar-refractivity contribution in [3.63, 3.8) is 0 Å². The summed E-state index contributed by atoms with van der Waals surface area (Å²) in [4.78, 5) is 0. The molecule has 3 nitrogen and oxygen atoms in total. The summed E-state index contributed by atoms with van der Waals surface area (Å²) in [5.41, 5.74) is 7.66. The van der Waals surface area contributed by atoms with Crippen LogP contribution >= 0.6 is 0 Å². The zero-order valence-corrected chi connectivity index (χ0v) is 13.0. The maximum Gasteiger partial charge on any atom is 0.155 e. The first kappa shape index (κ1) is 16.3. The van der Waals surface area contributed by atoms with E-state index >= 15 is 0 Å². The summed E-state index contributed by atoms with van der Waals surface area (Å²) in [6.07, 6.45) is 7.24. The second-order valence-corrected chi connectivity index (χ2v) is 5.87. The minimum Gasteiger partial charge on any atom is -0.472 e. The van der Waals surface area contributed by atoms with Crippen LogP contribution in [0.4, 0.5) is 0 Å². The molecule has 3 heteroatoms. The number of hydrogen-bond donors (Lipinski definition) is 2. The molecule has 0 bridgehead atoms. The minimum absolute atomic E-state index is 0.518. The third-order valence-corrected chi connectivity index (χ3v) is 3.16. The zero-order valence-electron chi connectivity index (χ0n) is 13.0. The van der Waals surface area contributed by atoms with Crippen molar-refractivity contribution < 1.29 is 4.74 Å². The van der Waals surface area contributed by atoms with Gasteiger partial charge in [-0.05, 0) is 46.9 Å². The van der Waals surface area contributed by atoms with Crippen LogP contribution in [0.5, 0.6) is 5.75 Å². The standard InChI is InChI=1S/C17H24N2O/c1-8-12-10-13(9-2)15(20-17(5,6)19-7)14(11-12)16(3,4)18/h1,9-11,19H,2,18H2,3-7H3. The highest BCUT2D eigenvalue weighted by atomic mass is 16.5. The first-order valence-electron chi connectivity index (χ1n) is 6.59. The van der Waals surface area contributed by atoms with Crippen LogP contribution in [0.2, 0.25) is 0 Å². The van der Waals surface area contributed by atoms with Gasteiger partial charge in [-0.3, -0.25) is 5.32 Å². The average Bonchev–Trinajstić information content (AvgIpc) is 2.37. The monoisotopic (exact) mass is 272 g/mol. The molecule has 0 saturated carbocycles. The Bertz CT molecular complexity index is 545. The van der Waals surface area contributed by atoms with E-state index in [4.69, 9.17) is 16.9 Å². The van der Waals surface area contributed by atoms with Crippen molar-refractivity contribution in [2.24, 2.45) is 5.73 Å². The van der Waals surface area contributed by atoms with E-state index in [0.717, 1.165) is 16.7 Å². The fraction of sp³-hybridized carbons (Fsp3) is 0.412. The lowest BCUT2D eigenvalue weighted by Crippen LogP contribution is -2.43. The van der Waals surface area contributed by atoms with Crippen molar-refractivity contribution in [3.05, 3.63) is 35.4 Å². The summed E-state index contributed by atoms with van der Waals surface area (Å²) in [5, 5.41) is 3.11. The number of terminal acetylenes is 1. The molecule has 0 radical (unpaired) electrons. The number of ether oxygens (including phenoxy) is 1. The molecule has 1 rings (SSSR count). The van der Waals surface area contributed by atoms with Crippen molar-refractivity contribution in [3.8, 4) is 18.1 Å². The van der Waals surface area contributed by atoms with Gasteiger partial charge in [0.25, 0.3) is 0 Å². The molecule has 20 heavy (non-hydrogen) atoms. The van der Waals surface area contributed by atoms with Crippen LogP contribution < -0.4 is 15.8 Å². The first-order chi connectivity index (χ1) is 9.14. The molecule has 0 aliphatic heterocycles. The molecule has 1 aromatic carbocycles. The zero-order chi connectivity index (χ0) is 15.6. The van der Waals surface area contributed by atoms with Gasteiger partial charge in [0.1, 0.15) is 5.75 Å². The molecule has 0 aromatic heterocycles. The third-order valence-electron chi connectivity index (χ3n) is 3.16. The van der Waals surface area contributed by atoms with E-state index in [0.29, 0.717) is 5.75 Å². The maximum absolute atomic E-state index is 6.26. The predicted octanol–water partition coefficient (Wildman–Crippen LogP) is 2.84. The van der Waals surface area contributed by atoms with Crippen LogP contribution in [0.25, 0.3) is 6.08 Å². The second kappa shape index (κ2) is 5.70. The fourth-order valence-corrected chi connectivity index (χ4v) is 1.78. The number of benzene rings is 1. The van der Waals surface area contributed by atoms with Gasteiger partial charge in [0.05, 0.1) is 0 Å². The number of nitrogens with one attached hydrogen (secondary N) is 1. The van der Waals surface area contributed by atoms with Crippen LogP contribution in [-0.4, -0.2) is 12.8 Å². The Labute approximate surface area is 122 Å². The molecule has 3 N–H and O–H groups in total. The normalized spacial score (nSPS) is 11.8. The molecule has 0 spiro atoms. The van der Waals surface area contributed by atoms with Gasteiger partial charge in [-0.1, -0.05) is 18.6 Å². The van der Waals surface area contributed by atoms with Gasteiger partial charge in [-0.25, -0.2) is 0 Å². The number of hydrogen-bond acceptors (Lipinski definition) is 3. The van der Waals surface area contributed by atoms with Crippen LogP contribution in [0.3, 0.4) is 0 Å². The van der Waals surface area contributed by atoms with Gasteiger partial charge in [-0.2, -0.15) is 0 Å². The van der Waals surface area contributed by atoms with Gasteiger partial charge in [-0.15, -0.1) is 6.42 Å². The summed E-state index contributed by atoms with van der Waals surface area (Å²) < 4.78 is 6.10. The molecule has 0 fully saturated rings. The molecule has 0 aliphatic rings. The van der Waals surface area contributed by atoms with Crippen molar-refractivity contribution in [2.45, 2.75) is 39.0 Å². The Morgan fingerprint density at radius 3 is 2.35 bits per heavy atom. The SMILES string of the molecule is C#Cc1cc(C=C)c(OC(C)(C)NC)c(C(C)(C)N)c1. The molecule has 0 saturated heterocycles. The lowest BCUT2D eigenvalue weighted by Gasteiger charge is -2.31. The number of nitrogens with two attached hydrogens (primary N) is 1. The van der Waals surface area contributed by atoms with E-state index in [1.165, 1.54) is 0 Å². The maximum atomic E-state index is 6.26. The van der Waals surface area contributed by atoms with Gasteiger partial charge >= 0.3 is 0 Å². The van der Waals surface area contributed by atoms with Crippen LogP contribution in [-0.2, 0) is 5.54 Å². The van der Waals surface area contributed by atoms with Gasteiger partial charge in [0.2, 0.25) is 0 Å². The molecular weight excluding hydrogens is 248 g/mol. The molecule has 0 aliphatic carbocycles. The van der Waals surface area contributed by atoms with E-state index in [1.54, 1.807) is 6.08 Å². The fourth-order valence-electron chi connectivity index (χ4n) is 1.78. The lowest BCUT2D eigenvalue weighted by molar-refractivity contribution is 0.0777. The lowest BCUT2D eigenvalue weighted by atomic mass is 9.90. The van der Waals surface area contributed by atoms with Crippen molar-refractivity contribution in [2.75, 3.05) is 7.05 Å². The highest BCUT2D eigenvalue weighted by Crippen LogP contribution is 2.35. The summed E-state index contributed by atoms with van der Waals surface area (Å²) in [6.45, 7) is 11.6. The molecule has 0 heterocycles.